The highest BCUT2D eigenvalue weighted by atomic mass is 35.5. The number of alkyl halides is 1. The zero-order chi connectivity index (χ0) is 10.6. The molecule has 0 unspecified atom stereocenters. The smallest absolute Gasteiger partial charge is 0.318 e. The summed E-state index contributed by atoms with van der Waals surface area (Å²) in [5.41, 5.74) is 0. The van der Waals surface area contributed by atoms with Crippen molar-refractivity contribution in [2.75, 3.05) is 0 Å². The van der Waals surface area contributed by atoms with Crippen LogP contribution in [-0.2, 0) is 4.79 Å². The molecule has 0 bridgehead atoms. The van der Waals surface area contributed by atoms with E-state index in [2.05, 4.69) is 0 Å². The van der Waals surface area contributed by atoms with Gasteiger partial charge in [0.25, 0.3) is 0 Å². The van der Waals surface area contributed by atoms with Gasteiger partial charge in [-0.05, 0) is 19.1 Å². The first kappa shape index (κ1) is 11.4. The fraction of sp³-hybridized carbons (Fsp3) is 0.300. The summed E-state index contributed by atoms with van der Waals surface area (Å²) in [5.74, 6) is -0.874. The molecule has 0 radical (unpaired) electrons. The number of hydrogen-bond acceptors (Lipinski definition) is 2. The molecule has 0 aliphatic carbocycles. The van der Waals surface area contributed by atoms with E-state index in [1.807, 2.05) is 30.3 Å². The number of thioether (sulfide) groups is 1. The second-order valence-electron chi connectivity index (χ2n) is 2.87. The Balaban J connectivity index is 2.70. The lowest BCUT2D eigenvalue weighted by atomic mass is 10.3. The molecule has 1 aromatic carbocycles. The van der Waals surface area contributed by atoms with Crippen LogP contribution < -0.4 is 0 Å². The van der Waals surface area contributed by atoms with E-state index in [4.69, 9.17) is 16.7 Å². The standard InChI is InChI=1S/C10H11ClO2S/c1-7(11)9(10(12)13)14-8-5-3-2-4-6-8/h2-7,9H,1H3,(H,12,13)/t7-,9+/m1/s1. The minimum atomic E-state index is -0.874. The van der Waals surface area contributed by atoms with Gasteiger partial charge in [0.15, 0.2) is 0 Å². The van der Waals surface area contributed by atoms with Gasteiger partial charge in [0.2, 0.25) is 0 Å². The lowest BCUT2D eigenvalue weighted by Crippen LogP contribution is -2.24. The average Bonchev–Trinajstić information content (AvgIpc) is 2.15. The molecule has 2 atom stereocenters. The molecule has 0 spiro atoms. The second kappa shape index (κ2) is 5.27. The molecule has 1 aromatic rings. The molecule has 1 N–H and O–H groups in total. The Kier molecular flexibility index (Phi) is 4.29. The van der Waals surface area contributed by atoms with Gasteiger partial charge in [-0.25, -0.2) is 0 Å². The summed E-state index contributed by atoms with van der Waals surface area (Å²) in [6.07, 6.45) is 0. The van der Waals surface area contributed by atoms with Crippen molar-refractivity contribution in [3.05, 3.63) is 30.3 Å². The maximum atomic E-state index is 10.8. The molecule has 76 valence electrons. The first-order valence-electron chi connectivity index (χ1n) is 4.20. The molecule has 4 heteroatoms. The Bertz CT molecular complexity index is 300. The molecule has 0 amide bonds. The third-order valence-electron chi connectivity index (χ3n) is 1.67. The molecular formula is C10H11ClO2S. The summed E-state index contributed by atoms with van der Waals surface area (Å²) >= 11 is 7.06. The molecule has 14 heavy (non-hydrogen) atoms. The minimum Gasteiger partial charge on any atom is -0.480 e. The van der Waals surface area contributed by atoms with Gasteiger partial charge in [-0.1, -0.05) is 18.2 Å². The molecular weight excluding hydrogens is 220 g/mol. The summed E-state index contributed by atoms with van der Waals surface area (Å²) in [4.78, 5) is 11.8. The van der Waals surface area contributed by atoms with Crippen molar-refractivity contribution in [3.8, 4) is 0 Å². The number of benzene rings is 1. The van der Waals surface area contributed by atoms with Crippen LogP contribution in [0.3, 0.4) is 0 Å². The summed E-state index contributed by atoms with van der Waals surface area (Å²) in [6.45, 7) is 1.69. The Morgan fingerprint density at radius 3 is 2.43 bits per heavy atom. The summed E-state index contributed by atoms with van der Waals surface area (Å²) < 4.78 is 0. The van der Waals surface area contributed by atoms with Crippen LogP contribution in [-0.4, -0.2) is 21.7 Å². The second-order valence-corrected chi connectivity index (χ2v) is 4.77. The number of rotatable bonds is 4. The summed E-state index contributed by atoms with van der Waals surface area (Å²) in [7, 11) is 0. The maximum absolute atomic E-state index is 10.8. The number of carbonyl (C=O) groups is 1. The molecule has 0 fully saturated rings. The van der Waals surface area contributed by atoms with E-state index in [9.17, 15) is 4.79 Å². The third-order valence-corrected chi connectivity index (χ3v) is 3.48. The van der Waals surface area contributed by atoms with E-state index in [-0.39, 0.29) is 0 Å². The first-order chi connectivity index (χ1) is 6.61. The highest BCUT2D eigenvalue weighted by molar-refractivity contribution is 8.00. The highest BCUT2D eigenvalue weighted by Crippen LogP contribution is 2.27. The third kappa shape index (κ3) is 3.24. The first-order valence-corrected chi connectivity index (χ1v) is 5.51. The molecule has 0 heterocycles. The van der Waals surface area contributed by atoms with E-state index in [0.29, 0.717) is 0 Å². The van der Waals surface area contributed by atoms with Crippen molar-refractivity contribution in [3.63, 3.8) is 0 Å². The molecule has 0 saturated carbocycles. The van der Waals surface area contributed by atoms with Crippen molar-refractivity contribution in [2.24, 2.45) is 0 Å². The van der Waals surface area contributed by atoms with Gasteiger partial charge in [-0.2, -0.15) is 0 Å². The minimum absolute atomic E-state index is 0.391. The Morgan fingerprint density at radius 1 is 1.43 bits per heavy atom. The van der Waals surface area contributed by atoms with E-state index >= 15 is 0 Å². The maximum Gasteiger partial charge on any atom is 0.318 e. The van der Waals surface area contributed by atoms with E-state index in [1.165, 1.54) is 11.8 Å². The number of hydrogen-bond donors (Lipinski definition) is 1. The molecule has 0 aliphatic rings. The van der Waals surface area contributed by atoms with Crippen LogP contribution in [0.1, 0.15) is 6.92 Å². The van der Waals surface area contributed by atoms with Crippen LogP contribution in [0, 0.1) is 0 Å². The van der Waals surface area contributed by atoms with E-state index in [0.717, 1.165) is 4.90 Å². The number of carboxylic acids is 1. The van der Waals surface area contributed by atoms with Crippen molar-refractivity contribution in [1.82, 2.24) is 0 Å². The lowest BCUT2D eigenvalue weighted by molar-refractivity contribution is -0.136. The topological polar surface area (TPSA) is 37.3 Å². The van der Waals surface area contributed by atoms with Gasteiger partial charge in [0.1, 0.15) is 5.25 Å². The normalized spacial score (nSPS) is 14.7. The Hall–Kier alpha value is -0.670. The van der Waals surface area contributed by atoms with Gasteiger partial charge in [-0.3, -0.25) is 4.79 Å². The number of aliphatic carboxylic acids is 1. The van der Waals surface area contributed by atoms with Crippen LogP contribution in [0.15, 0.2) is 35.2 Å². The van der Waals surface area contributed by atoms with Gasteiger partial charge >= 0.3 is 5.97 Å². The Labute approximate surface area is 92.3 Å². The fourth-order valence-electron chi connectivity index (χ4n) is 0.986. The zero-order valence-electron chi connectivity index (χ0n) is 7.68. The van der Waals surface area contributed by atoms with Crippen LogP contribution in [0.25, 0.3) is 0 Å². The lowest BCUT2D eigenvalue weighted by Gasteiger charge is -2.13. The predicted molar refractivity (Wildman–Crippen MR) is 59.0 cm³/mol. The molecule has 1 rings (SSSR count). The van der Waals surface area contributed by atoms with Crippen LogP contribution in [0.4, 0.5) is 0 Å². The molecule has 0 aromatic heterocycles. The van der Waals surface area contributed by atoms with Crippen molar-refractivity contribution in [2.45, 2.75) is 22.4 Å². The fourth-order valence-corrected chi connectivity index (χ4v) is 2.14. The monoisotopic (exact) mass is 230 g/mol. The zero-order valence-corrected chi connectivity index (χ0v) is 9.26. The SMILES string of the molecule is C[C@@H](Cl)[C@H](Sc1ccccc1)C(=O)O. The highest BCUT2D eigenvalue weighted by Gasteiger charge is 2.23. The van der Waals surface area contributed by atoms with Crippen LogP contribution in [0.5, 0.6) is 0 Å². The van der Waals surface area contributed by atoms with Gasteiger partial charge in [-0.15, -0.1) is 23.4 Å². The van der Waals surface area contributed by atoms with Crippen molar-refractivity contribution in [1.29, 1.82) is 0 Å². The quantitative estimate of drug-likeness (QED) is 0.639. The van der Waals surface area contributed by atoms with Crippen LogP contribution >= 0.6 is 23.4 Å². The van der Waals surface area contributed by atoms with Gasteiger partial charge < -0.3 is 5.11 Å². The largest absolute Gasteiger partial charge is 0.480 e. The van der Waals surface area contributed by atoms with Crippen molar-refractivity contribution >= 4 is 29.3 Å². The van der Waals surface area contributed by atoms with Gasteiger partial charge in [0, 0.05) is 4.90 Å². The number of carboxylic acid groups (broad SMARTS) is 1. The van der Waals surface area contributed by atoms with Gasteiger partial charge in [0.05, 0.1) is 5.38 Å². The number of halogens is 1. The average molecular weight is 231 g/mol. The summed E-state index contributed by atoms with van der Waals surface area (Å²) in [5, 5.41) is 7.91. The Morgan fingerprint density at radius 2 is 2.00 bits per heavy atom. The predicted octanol–water partition coefficient (Wildman–Crippen LogP) is 2.86. The molecule has 2 nitrogen and oxygen atoms in total. The van der Waals surface area contributed by atoms with Crippen molar-refractivity contribution < 1.29 is 9.90 Å². The molecule has 0 saturated heterocycles. The summed E-state index contributed by atoms with van der Waals surface area (Å²) in [6, 6.07) is 9.39. The molecule has 0 aliphatic heterocycles. The van der Waals surface area contributed by atoms with E-state index in [1.54, 1.807) is 6.92 Å². The van der Waals surface area contributed by atoms with Crippen LogP contribution in [0.2, 0.25) is 0 Å². The van der Waals surface area contributed by atoms with E-state index < -0.39 is 16.6 Å².